The topological polar surface area (TPSA) is 81.4 Å². The van der Waals surface area contributed by atoms with Gasteiger partial charge in [-0.15, -0.1) is 0 Å². The predicted molar refractivity (Wildman–Crippen MR) is 83.6 cm³/mol. The Morgan fingerprint density at radius 1 is 1.36 bits per heavy atom. The number of ether oxygens (including phenoxy) is 1. The van der Waals surface area contributed by atoms with Crippen LogP contribution in [0.5, 0.6) is 0 Å². The van der Waals surface area contributed by atoms with E-state index in [-0.39, 0.29) is 5.56 Å². The Hall–Kier alpha value is -2.15. The smallest absolute Gasteiger partial charge is 0.344 e. The summed E-state index contributed by atoms with van der Waals surface area (Å²) < 4.78 is 10.9. The first kappa shape index (κ1) is 16.2. The maximum absolute atomic E-state index is 12.1. The largest absolute Gasteiger partial charge is 0.449 e. The molecule has 1 heterocycles. The number of amides is 1. The number of carbonyl (C=O) groups is 2. The van der Waals surface area contributed by atoms with Gasteiger partial charge in [-0.1, -0.05) is 27.2 Å². The molecule has 2 aromatic rings. The molecule has 0 saturated carbocycles. The fourth-order valence-corrected chi connectivity index (χ4v) is 2.26. The van der Waals surface area contributed by atoms with E-state index in [2.05, 4.69) is 26.4 Å². The summed E-state index contributed by atoms with van der Waals surface area (Å²) in [6.45, 7) is 4.76. The quantitative estimate of drug-likeness (QED) is 0.839. The normalized spacial score (nSPS) is 11.8. The minimum absolute atomic E-state index is 0.252. The van der Waals surface area contributed by atoms with Gasteiger partial charge >= 0.3 is 5.97 Å². The van der Waals surface area contributed by atoms with Crippen molar-refractivity contribution in [1.29, 1.82) is 0 Å². The number of anilines is 1. The fourth-order valence-electron chi connectivity index (χ4n) is 1.86. The predicted octanol–water partition coefficient (Wildman–Crippen LogP) is 3.24. The molecule has 1 atom stereocenters. The van der Waals surface area contributed by atoms with E-state index in [1.165, 1.54) is 6.92 Å². The lowest BCUT2D eigenvalue weighted by Gasteiger charge is -2.13. The molecule has 0 saturated heterocycles. The Labute approximate surface area is 135 Å². The summed E-state index contributed by atoms with van der Waals surface area (Å²) in [6.07, 6.45) is -0.944. The molecule has 1 N–H and O–H groups in total. The van der Waals surface area contributed by atoms with E-state index >= 15 is 0 Å². The average Bonchev–Trinajstić information content (AvgIpc) is 2.78. The standard InChI is InChI=1S/C15H15BrN2O4/c1-8-13(9(2)22-18-8)15(20)21-10(3)14(19)17-12-6-4-5-11(16)7-12/h4-7,10H,1-3H3,(H,17,19)/t10-/m1/s1. The molecule has 116 valence electrons. The fraction of sp³-hybridized carbons (Fsp3) is 0.267. The van der Waals surface area contributed by atoms with Crippen molar-refractivity contribution in [3.05, 3.63) is 45.8 Å². The number of benzene rings is 1. The van der Waals surface area contributed by atoms with Crippen molar-refractivity contribution in [3.8, 4) is 0 Å². The zero-order chi connectivity index (χ0) is 16.3. The highest BCUT2D eigenvalue weighted by molar-refractivity contribution is 9.10. The summed E-state index contributed by atoms with van der Waals surface area (Å²) in [4.78, 5) is 24.1. The monoisotopic (exact) mass is 366 g/mol. The summed E-state index contributed by atoms with van der Waals surface area (Å²) in [6, 6.07) is 7.13. The highest BCUT2D eigenvalue weighted by Crippen LogP contribution is 2.17. The second-order valence-electron chi connectivity index (χ2n) is 4.75. The molecule has 22 heavy (non-hydrogen) atoms. The highest BCUT2D eigenvalue weighted by Gasteiger charge is 2.24. The first-order chi connectivity index (χ1) is 10.4. The van der Waals surface area contributed by atoms with E-state index in [0.29, 0.717) is 17.1 Å². The van der Waals surface area contributed by atoms with Gasteiger partial charge in [0, 0.05) is 10.2 Å². The Balaban J connectivity index is 2.01. The lowest BCUT2D eigenvalue weighted by Crippen LogP contribution is -2.30. The third-order valence-corrected chi connectivity index (χ3v) is 3.48. The molecule has 0 spiro atoms. The molecule has 0 bridgehead atoms. The second kappa shape index (κ2) is 6.74. The van der Waals surface area contributed by atoms with Crippen LogP contribution in [0.1, 0.15) is 28.7 Å². The highest BCUT2D eigenvalue weighted by atomic mass is 79.9. The van der Waals surface area contributed by atoms with Gasteiger partial charge in [0.2, 0.25) is 0 Å². The number of nitrogens with one attached hydrogen (secondary N) is 1. The van der Waals surface area contributed by atoms with Crippen molar-refractivity contribution in [2.24, 2.45) is 0 Å². The number of carbonyl (C=O) groups excluding carboxylic acids is 2. The van der Waals surface area contributed by atoms with Crippen molar-refractivity contribution in [2.45, 2.75) is 26.9 Å². The number of hydrogen-bond donors (Lipinski definition) is 1. The summed E-state index contributed by atoms with van der Waals surface area (Å²) in [5.74, 6) is -0.687. The molecule has 0 fully saturated rings. The van der Waals surface area contributed by atoms with Gasteiger partial charge < -0.3 is 14.6 Å². The summed E-state index contributed by atoms with van der Waals surface area (Å²) in [5.41, 5.74) is 1.30. The van der Waals surface area contributed by atoms with E-state index in [0.717, 1.165) is 4.47 Å². The molecule has 0 radical (unpaired) electrons. The number of hydrogen-bond acceptors (Lipinski definition) is 5. The number of rotatable bonds is 4. The number of esters is 1. The molecule has 7 heteroatoms. The molecular weight excluding hydrogens is 352 g/mol. The summed E-state index contributed by atoms with van der Waals surface area (Å²) in [7, 11) is 0. The van der Waals surface area contributed by atoms with Crippen LogP contribution >= 0.6 is 15.9 Å². The van der Waals surface area contributed by atoms with Crippen LogP contribution in [0.3, 0.4) is 0 Å². The van der Waals surface area contributed by atoms with Crippen LogP contribution < -0.4 is 5.32 Å². The van der Waals surface area contributed by atoms with Gasteiger partial charge in [0.1, 0.15) is 11.3 Å². The zero-order valence-corrected chi connectivity index (χ0v) is 13.9. The molecule has 1 amide bonds. The molecule has 6 nitrogen and oxygen atoms in total. The molecule has 1 aromatic carbocycles. The maximum atomic E-state index is 12.1. The van der Waals surface area contributed by atoms with Crippen LogP contribution in [-0.4, -0.2) is 23.1 Å². The van der Waals surface area contributed by atoms with E-state index in [9.17, 15) is 9.59 Å². The number of nitrogens with zero attached hydrogens (tertiary/aromatic N) is 1. The van der Waals surface area contributed by atoms with Crippen LogP contribution in [0.25, 0.3) is 0 Å². The van der Waals surface area contributed by atoms with Crippen LogP contribution in [0.4, 0.5) is 5.69 Å². The van der Waals surface area contributed by atoms with Crippen LogP contribution in [0, 0.1) is 13.8 Å². The maximum Gasteiger partial charge on any atom is 0.344 e. The van der Waals surface area contributed by atoms with Crippen molar-refractivity contribution < 1.29 is 18.8 Å². The molecule has 0 aliphatic rings. The minimum atomic E-state index is -0.944. The van der Waals surface area contributed by atoms with Crippen molar-refractivity contribution in [3.63, 3.8) is 0 Å². The Morgan fingerprint density at radius 2 is 2.09 bits per heavy atom. The van der Waals surface area contributed by atoms with Crippen molar-refractivity contribution >= 4 is 33.5 Å². The minimum Gasteiger partial charge on any atom is -0.449 e. The van der Waals surface area contributed by atoms with Crippen LogP contribution in [0.2, 0.25) is 0 Å². The van der Waals surface area contributed by atoms with Crippen LogP contribution in [0.15, 0.2) is 33.3 Å². The molecule has 0 unspecified atom stereocenters. The van der Waals surface area contributed by atoms with E-state index < -0.39 is 18.0 Å². The SMILES string of the molecule is Cc1noc(C)c1C(=O)O[C@H](C)C(=O)Nc1cccc(Br)c1. The molecule has 0 aliphatic carbocycles. The Bertz CT molecular complexity index is 692. The van der Waals surface area contributed by atoms with E-state index in [4.69, 9.17) is 9.26 Å². The zero-order valence-electron chi connectivity index (χ0n) is 12.3. The van der Waals surface area contributed by atoms with Crippen molar-refractivity contribution in [2.75, 3.05) is 5.32 Å². The van der Waals surface area contributed by atoms with Crippen LogP contribution in [-0.2, 0) is 9.53 Å². The van der Waals surface area contributed by atoms with E-state index in [1.807, 2.05) is 6.07 Å². The summed E-state index contributed by atoms with van der Waals surface area (Å²) >= 11 is 3.32. The van der Waals surface area contributed by atoms with Gasteiger partial charge in [-0.3, -0.25) is 4.79 Å². The lowest BCUT2D eigenvalue weighted by atomic mass is 10.2. The second-order valence-corrected chi connectivity index (χ2v) is 5.66. The number of aryl methyl sites for hydroxylation is 2. The first-order valence-electron chi connectivity index (χ1n) is 6.58. The molecule has 0 aliphatic heterocycles. The summed E-state index contributed by atoms with van der Waals surface area (Å²) in [5, 5.41) is 6.36. The third kappa shape index (κ3) is 3.73. The number of aromatic nitrogens is 1. The average molecular weight is 367 g/mol. The van der Waals surface area contributed by atoms with Gasteiger partial charge in [-0.2, -0.15) is 0 Å². The lowest BCUT2D eigenvalue weighted by molar-refractivity contribution is -0.123. The number of halogens is 1. The molecular formula is C15H15BrN2O4. The Morgan fingerprint density at radius 3 is 2.68 bits per heavy atom. The van der Waals surface area contributed by atoms with Gasteiger partial charge in [0.25, 0.3) is 5.91 Å². The van der Waals surface area contributed by atoms with E-state index in [1.54, 1.807) is 32.0 Å². The van der Waals surface area contributed by atoms with Gasteiger partial charge in [0.15, 0.2) is 6.10 Å². The van der Waals surface area contributed by atoms with Gasteiger partial charge in [0.05, 0.1) is 5.69 Å². The Kier molecular flexibility index (Phi) is 4.97. The molecule has 1 aromatic heterocycles. The first-order valence-corrected chi connectivity index (χ1v) is 7.38. The third-order valence-electron chi connectivity index (χ3n) is 2.98. The van der Waals surface area contributed by atoms with Crippen molar-refractivity contribution in [1.82, 2.24) is 5.16 Å². The van der Waals surface area contributed by atoms with Gasteiger partial charge in [-0.25, -0.2) is 4.79 Å². The molecule has 2 rings (SSSR count). The van der Waals surface area contributed by atoms with Gasteiger partial charge in [-0.05, 0) is 39.0 Å².